The van der Waals surface area contributed by atoms with Crippen LogP contribution in [0.25, 0.3) is 0 Å². The second kappa shape index (κ2) is 8.47. The predicted octanol–water partition coefficient (Wildman–Crippen LogP) is 1.58. The maximum absolute atomic E-state index is 10.1. The number of carbonyl (C=O) groups is 1. The van der Waals surface area contributed by atoms with E-state index >= 15 is 0 Å². The SMILES string of the molecule is CCOC(/C=C/C=C/C(=O)O)OCC. The minimum Gasteiger partial charge on any atom is -0.478 e. The zero-order valence-electron chi connectivity index (χ0n) is 8.47. The van der Waals surface area contributed by atoms with Crippen molar-refractivity contribution in [3.8, 4) is 0 Å². The first-order valence-electron chi connectivity index (χ1n) is 4.51. The Kier molecular flexibility index (Phi) is 7.78. The second-order valence-electron chi connectivity index (χ2n) is 2.36. The number of hydrogen-bond donors (Lipinski definition) is 1. The molecule has 14 heavy (non-hydrogen) atoms. The van der Waals surface area contributed by atoms with Crippen LogP contribution in [-0.4, -0.2) is 30.6 Å². The van der Waals surface area contributed by atoms with E-state index in [1.807, 2.05) is 13.8 Å². The number of ether oxygens (including phenoxy) is 2. The molecule has 0 aliphatic heterocycles. The molecule has 4 nitrogen and oxygen atoms in total. The van der Waals surface area contributed by atoms with Gasteiger partial charge in [0.1, 0.15) is 0 Å². The first-order chi connectivity index (χ1) is 6.70. The van der Waals surface area contributed by atoms with Crippen LogP contribution in [0.3, 0.4) is 0 Å². The molecule has 0 amide bonds. The highest BCUT2D eigenvalue weighted by atomic mass is 16.7. The molecule has 0 rings (SSSR count). The molecule has 0 aromatic heterocycles. The van der Waals surface area contributed by atoms with Gasteiger partial charge in [-0.2, -0.15) is 0 Å². The molecular formula is C10H16O4. The molecular weight excluding hydrogens is 184 g/mol. The van der Waals surface area contributed by atoms with Crippen LogP contribution in [0.2, 0.25) is 0 Å². The fourth-order valence-electron chi connectivity index (χ4n) is 0.781. The van der Waals surface area contributed by atoms with Crippen molar-refractivity contribution in [3.63, 3.8) is 0 Å². The number of aliphatic carboxylic acids is 1. The summed E-state index contributed by atoms with van der Waals surface area (Å²) in [6.07, 6.45) is 5.32. The lowest BCUT2D eigenvalue weighted by Gasteiger charge is -2.11. The van der Waals surface area contributed by atoms with Gasteiger partial charge in [-0.05, 0) is 19.9 Å². The predicted molar refractivity (Wildman–Crippen MR) is 53.0 cm³/mol. The Morgan fingerprint density at radius 2 is 1.86 bits per heavy atom. The number of carboxylic acids is 1. The van der Waals surface area contributed by atoms with Gasteiger partial charge in [0.15, 0.2) is 6.29 Å². The van der Waals surface area contributed by atoms with Gasteiger partial charge >= 0.3 is 5.97 Å². The lowest BCUT2D eigenvalue weighted by Crippen LogP contribution is -2.13. The van der Waals surface area contributed by atoms with E-state index in [0.29, 0.717) is 13.2 Å². The van der Waals surface area contributed by atoms with Gasteiger partial charge in [0.25, 0.3) is 0 Å². The maximum atomic E-state index is 10.1. The third kappa shape index (κ3) is 7.52. The molecule has 0 fully saturated rings. The summed E-state index contributed by atoms with van der Waals surface area (Å²) in [6.45, 7) is 4.84. The van der Waals surface area contributed by atoms with Crippen molar-refractivity contribution in [2.75, 3.05) is 13.2 Å². The summed E-state index contributed by atoms with van der Waals surface area (Å²) >= 11 is 0. The molecule has 0 bridgehead atoms. The third-order valence-electron chi connectivity index (χ3n) is 1.28. The van der Waals surface area contributed by atoms with E-state index in [0.717, 1.165) is 6.08 Å². The van der Waals surface area contributed by atoms with Crippen LogP contribution in [-0.2, 0) is 14.3 Å². The van der Waals surface area contributed by atoms with Crippen molar-refractivity contribution in [3.05, 3.63) is 24.3 Å². The quantitative estimate of drug-likeness (QED) is 0.385. The third-order valence-corrected chi connectivity index (χ3v) is 1.28. The van der Waals surface area contributed by atoms with Gasteiger partial charge in [-0.25, -0.2) is 4.79 Å². The molecule has 1 N–H and O–H groups in total. The first kappa shape index (κ1) is 12.9. The molecule has 0 aliphatic rings. The number of rotatable bonds is 7. The van der Waals surface area contributed by atoms with Crippen LogP contribution in [0.5, 0.6) is 0 Å². The molecule has 0 aliphatic carbocycles. The molecule has 0 aromatic carbocycles. The minimum atomic E-state index is -0.973. The second-order valence-corrected chi connectivity index (χ2v) is 2.36. The van der Waals surface area contributed by atoms with Gasteiger partial charge in [-0.15, -0.1) is 0 Å². The van der Waals surface area contributed by atoms with Gasteiger partial charge in [-0.3, -0.25) is 0 Å². The Balaban J connectivity index is 3.94. The molecule has 80 valence electrons. The van der Waals surface area contributed by atoms with Crippen LogP contribution in [0.15, 0.2) is 24.3 Å². The fourth-order valence-corrected chi connectivity index (χ4v) is 0.781. The van der Waals surface area contributed by atoms with Gasteiger partial charge in [0.05, 0.1) is 0 Å². The van der Waals surface area contributed by atoms with Gasteiger partial charge < -0.3 is 14.6 Å². The highest BCUT2D eigenvalue weighted by Gasteiger charge is 2.00. The average Bonchev–Trinajstić information content (AvgIpc) is 2.12. The Bertz CT molecular complexity index is 202. The lowest BCUT2D eigenvalue weighted by atomic mass is 10.4. The van der Waals surface area contributed by atoms with E-state index in [9.17, 15) is 4.79 Å². The molecule has 0 aromatic rings. The molecule has 0 saturated heterocycles. The van der Waals surface area contributed by atoms with Crippen LogP contribution in [0.4, 0.5) is 0 Å². The maximum Gasteiger partial charge on any atom is 0.328 e. The highest BCUT2D eigenvalue weighted by Crippen LogP contribution is 1.97. The van der Waals surface area contributed by atoms with E-state index in [4.69, 9.17) is 14.6 Å². The molecule has 0 spiro atoms. The Hall–Kier alpha value is -1.13. The Morgan fingerprint density at radius 1 is 1.29 bits per heavy atom. The average molecular weight is 200 g/mol. The van der Waals surface area contributed by atoms with Crippen molar-refractivity contribution in [2.24, 2.45) is 0 Å². The standard InChI is InChI=1S/C10H16O4/c1-3-13-10(14-4-2)8-6-5-7-9(11)12/h5-8,10H,3-4H2,1-2H3,(H,11,12)/b7-5+,8-6+. The molecule has 0 unspecified atom stereocenters. The lowest BCUT2D eigenvalue weighted by molar-refractivity contribution is -0.131. The zero-order valence-corrected chi connectivity index (χ0v) is 8.47. The van der Waals surface area contributed by atoms with E-state index in [1.165, 1.54) is 6.08 Å². The van der Waals surface area contributed by atoms with Gasteiger partial charge in [-0.1, -0.05) is 12.2 Å². The normalized spacial score (nSPS) is 11.9. The molecule has 0 radical (unpaired) electrons. The number of hydrogen-bond acceptors (Lipinski definition) is 3. The summed E-state index contributed by atoms with van der Waals surface area (Å²) in [5.41, 5.74) is 0. The van der Waals surface area contributed by atoms with Crippen molar-refractivity contribution < 1.29 is 19.4 Å². The number of allylic oxidation sites excluding steroid dienone is 2. The van der Waals surface area contributed by atoms with E-state index in [2.05, 4.69) is 0 Å². The zero-order chi connectivity index (χ0) is 10.8. The topological polar surface area (TPSA) is 55.8 Å². The van der Waals surface area contributed by atoms with Crippen molar-refractivity contribution in [1.29, 1.82) is 0 Å². The molecule has 0 saturated carbocycles. The van der Waals surface area contributed by atoms with Crippen LogP contribution in [0.1, 0.15) is 13.8 Å². The summed E-state index contributed by atoms with van der Waals surface area (Å²) in [5.74, 6) is -0.973. The van der Waals surface area contributed by atoms with Gasteiger partial charge in [0.2, 0.25) is 0 Å². The van der Waals surface area contributed by atoms with Gasteiger partial charge in [0, 0.05) is 19.3 Å². The first-order valence-corrected chi connectivity index (χ1v) is 4.51. The van der Waals surface area contributed by atoms with E-state index in [-0.39, 0.29) is 0 Å². The summed E-state index contributed by atoms with van der Waals surface area (Å²) in [7, 11) is 0. The highest BCUT2D eigenvalue weighted by molar-refractivity contribution is 5.80. The van der Waals surface area contributed by atoms with Crippen LogP contribution >= 0.6 is 0 Å². The summed E-state index contributed by atoms with van der Waals surface area (Å²) in [5, 5.41) is 8.30. The smallest absolute Gasteiger partial charge is 0.328 e. The van der Waals surface area contributed by atoms with Crippen molar-refractivity contribution in [2.45, 2.75) is 20.1 Å². The van der Waals surface area contributed by atoms with Crippen molar-refractivity contribution in [1.82, 2.24) is 0 Å². The van der Waals surface area contributed by atoms with E-state index < -0.39 is 12.3 Å². The largest absolute Gasteiger partial charge is 0.478 e. The van der Waals surface area contributed by atoms with Crippen LogP contribution < -0.4 is 0 Å². The minimum absolute atomic E-state index is 0.400. The summed E-state index contributed by atoms with van der Waals surface area (Å²) in [6, 6.07) is 0. The van der Waals surface area contributed by atoms with Crippen LogP contribution in [0, 0.1) is 0 Å². The van der Waals surface area contributed by atoms with Crippen molar-refractivity contribution >= 4 is 5.97 Å². The summed E-state index contributed by atoms with van der Waals surface area (Å²) < 4.78 is 10.4. The monoisotopic (exact) mass is 200 g/mol. The summed E-state index contributed by atoms with van der Waals surface area (Å²) in [4.78, 5) is 10.1. The Labute approximate surface area is 83.8 Å². The molecule has 0 heterocycles. The molecule has 0 atom stereocenters. The molecule has 4 heteroatoms. The number of carboxylic acid groups (broad SMARTS) is 1. The van der Waals surface area contributed by atoms with E-state index in [1.54, 1.807) is 12.2 Å². The fraction of sp³-hybridized carbons (Fsp3) is 0.500. The Morgan fingerprint density at radius 3 is 2.29 bits per heavy atom.